The van der Waals surface area contributed by atoms with Gasteiger partial charge in [0.1, 0.15) is 5.75 Å². The molecule has 3 atom stereocenters. The van der Waals surface area contributed by atoms with Crippen LogP contribution in [0.2, 0.25) is 0 Å². The van der Waals surface area contributed by atoms with Crippen LogP contribution in [0.15, 0.2) is 48.5 Å². The zero-order valence-electron chi connectivity index (χ0n) is 14.8. The van der Waals surface area contributed by atoms with Crippen LogP contribution in [-0.4, -0.2) is 32.3 Å². The van der Waals surface area contributed by atoms with Gasteiger partial charge in [0.25, 0.3) is 5.91 Å². The minimum Gasteiger partial charge on any atom is -0.464 e. The van der Waals surface area contributed by atoms with Crippen LogP contribution in [0, 0.1) is 0 Å². The topological polar surface area (TPSA) is 65.1 Å². The maximum atomic E-state index is 13.5. The molecular weight excluding hydrogens is 334 g/mol. The number of imide groups is 1. The smallest absolute Gasteiger partial charge is 0.271 e. The van der Waals surface area contributed by atoms with E-state index < -0.39 is 23.7 Å². The largest absolute Gasteiger partial charge is 0.464 e. The predicted molar refractivity (Wildman–Crippen MR) is 93.9 cm³/mol. The highest BCUT2D eigenvalue weighted by atomic mass is 16.7. The molecule has 0 fully saturated rings. The fourth-order valence-corrected chi connectivity index (χ4v) is 4.09. The van der Waals surface area contributed by atoms with Gasteiger partial charge in [-0.2, -0.15) is 0 Å². The van der Waals surface area contributed by atoms with Gasteiger partial charge in [-0.1, -0.05) is 36.4 Å². The number of para-hydroxylation sites is 2. The monoisotopic (exact) mass is 353 g/mol. The van der Waals surface area contributed by atoms with Gasteiger partial charge in [0, 0.05) is 32.3 Å². The average Bonchev–Trinajstić information content (AvgIpc) is 3.14. The summed E-state index contributed by atoms with van der Waals surface area (Å²) in [5.74, 6) is -0.692. The zero-order chi connectivity index (χ0) is 18.5. The Hall–Kier alpha value is -2.70. The van der Waals surface area contributed by atoms with Crippen molar-refractivity contribution in [2.45, 2.75) is 24.7 Å². The van der Waals surface area contributed by atoms with Gasteiger partial charge in [-0.3, -0.25) is 9.59 Å². The number of carbonyl (C=O) groups excluding carboxylic acids is 2. The molecule has 2 aromatic carbocycles. The summed E-state index contributed by atoms with van der Waals surface area (Å²) in [5.41, 5.74) is 0.575. The van der Waals surface area contributed by atoms with Gasteiger partial charge in [0.2, 0.25) is 12.2 Å². The van der Waals surface area contributed by atoms with Crippen LogP contribution in [0.4, 0.5) is 5.69 Å². The van der Waals surface area contributed by atoms with Gasteiger partial charge in [0.05, 0.1) is 11.6 Å². The first kappa shape index (κ1) is 16.8. The van der Waals surface area contributed by atoms with Crippen LogP contribution in [-0.2, 0) is 24.7 Å². The second kappa shape index (κ2) is 5.93. The van der Waals surface area contributed by atoms with E-state index in [-0.39, 0.29) is 5.91 Å². The number of hydrogen-bond acceptors (Lipinski definition) is 5. The highest BCUT2D eigenvalue weighted by molar-refractivity contribution is 6.22. The lowest BCUT2D eigenvalue weighted by Gasteiger charge is -2.34. The molecule has 2 amide bonds. The van der Waals surface area contributed by atoms with Crippen LogP contribution in [0.3, 0.4) is 0 Å². The Labute approximate surface area is 151 Å². The van der Waals surface area contributed by atoms with E-state index in [0.29, 0.717) is 17.0 Å². The van der Waals surface area contributed by atoms with Crippen molar-refractivity contribution in [3.63, 3.8) is 0 Å². The lowest BCUT2D eigenvalue weighted by molar-refractivity contribution is -0.159. The minimum absolute atomic E-state index is 0.359. The van der Waals surface area contributed by atoms with Crippen LogP contribution < -0.4 is 9.64 Å². The Kier molecular flexibility index (Phi) is 3.82. The van der Waals surface area contributed by atoms with Gasteiger partial charge in [-0.05, 0) is 12.1 Å². The third-order valence-corrected chi connectivity index (χ3v) is 5.14. The molecule has 0 unspecified atom stereocenters. The maximum Gasteiger partial charge on any atom is 0.271 e. The molecule has 0 radical (unpaired) electrons. The molecule has 6 heteroatoms. The molecule has 0 saturated carbocycles. The molecule has 0 bridgehead atoms. The van der Waals surface area contributed by atoms with E-state index in [4.69, 9.17) is 14.2 Å². The summed E-state index contributed by atoms with van der Waals surface area (Å²) in [6.07, 6.45) is -0.712. The number of anilines is 1. The number of fused-ring (bicyclic) bond motifs is 2. The predicted octanol–water partition coefficient (Wildman–Crippen LogP) is 2.57. The molecule has 0 aliphatic carbocycles. The minimum atomic E-state index is -1.41. The molecule has 4 rings (SSSR count). The summed E-state index contributed by atoms with van der Waals surface area (Å²) in [6, 6.07) is 14.6. The van der Waals surface area contributed by atoms with Crippen molar-refractivity contribution in [3.05, 3.63) is 59.7 Å². The molecular formula is C20H19NO5. The van der Waals surface area contributed by atoms with E-state index >= 15 is 0 Å². The summed E-state index contributed by atoms with van der Waals surface area (Å²) in [6.45, 7) is 1.37. The second-order valence-corrected chi connectivity index (χ2v) is 6.35. The number of hydrogen-bond donors (Lipinski definition) is 0. The van der Waals surface area contributed by atoms with Crippen LogP contribution in [0.25, 0.3) is 0 Å². The Morgan fingerprint density at radius 3 is 2.50 bits per heavy atom. The molecule has 0 aromatic heterocycles. The van der Waals surface area contributed by atoms with Crippen molar-refractivity contribution < 1.29 is 23.8 Å². The first-order valence-electron chi connectivity index (χ1n) is 8.34. The van der Waals surface area contributed by atoms with Crippen molar-refractivity contribution in [2.75, 3.05) is 19.1 Å². The van der Waals surface area contributed by atoms with Crippen molar-refractivity contribution >= 4 is 17.5 Å². The summed E-state index contributed by atoms with van der Waals surface area (Å²) in [7, 11) is 3.01. The normalized spacial score (nSPS) is 26.4. The third kappa shape index (κ3) is 2.00. The molecule has 26 heavy (non-hydrogen) atoms. The third-order valence-electron chi connectivity index (χ3n) is 5.14. The van der Waals surface area contributed by atoms with Gasteiger partial charge < -0.3 is 14.2 Å². The van der Waals surface area contributed by atoms with E-state index in [9.17, 15) is 9.59 Å². The highest BCUT2D eigenvalue weighted by Crippen LogP contribution is 2.56. The summed E-state index contributed by atoms with van der Waals surface area (Å²) in [5, 5.41) is 0. The van der Waals surface area contributed by atoms with Gasteiger partial charge in [0.15, 0.2) is 5.60 Å². The molecule has 134 valence electrons. The zero-order valence-corrected chi connectivity index (χ0v) is 14.8. The standard InChI is InChI=1S/C20H19NO5/c1-12(22)21-15-10-6-5-9-14(15)20(25-3,19(21)23)17-13-8-4-7-11-16(13)26-18(17)24-2/h4-11,17-18H,1-3H3/t17-,18-,20-/m1/s1. The number of nitrogens with zero attached hydrogens (tertiary/aromatic N) is 1. The SMILES string of the molecule is CO[C@@H]1Oc2ccccc2[C@H]1[C@@]1(OC)C(=O)N(C(C)=O)c2ccccc21. The molecule has 6 nitrogen and oxygen atoms in total. The number of amides is 2. The lowest BCUT2D eigenvalue weighted by atomic mass is 9.78. The number of ether oxygens (including phenoxy) is 3. The van der Waals surface area contributed by atoms with Gasteiger partial charge in [-0.15, -0.1) is 0 Å². The highest BCUT2D eigenvalue weighted by Gasteiger charge is 2.62. The van der Waals surface area contributed by atoms with E-state index in [1.165, 1.54) is 26.0 Å². The second-order valence-electron chi connectivity index (χ2n) is 6.35. The Balaban J connectivity index is 1.99. The van der Waals surface area contributed by atoms with Crippen LogP contribution >= 0.6 is 0 Å². The van der Waals surface area contributed by atoms with Gasteiger partial charge in [-0.25, -0.2) is 4.90 Å². The van der Waals surface area contributed by atoms with E-state index in [2.05, 4.69) is 0 Å². The molecule has 0 N–H and O–H groups in total. The Bertz CT molecular complexity index is 895. The fraction of sp³-hybridized carbons (Fsp3) is 0.300. The summed E-state index contributed by atoms with van der Waals surface area (Å²) < 4.78 is 17.3. The Morgan fingerprint density at radius 1 is 1.12 bits per heavy atom. The van der Waals surface area contributed by atoms with Crippen molar-refractivity contribution in [1.29, 1.82) is 0 Å². The fourth-order valence-electron chi connectivity index (χ4n) is 4.09. The number of methoxy groups -OCH3 is 2. The molecule has 2 aliphatic heterocycles. The summed E-state index contributed by atoms with van der Waals surface area (Å²) >= 11 is 0. The average molecular weight is 353 g/mol. The summed E-state index contributed by atoms with van der Waals surface area (Å²) in [4.78, 5) is 26.9. The molecule has 0 spiro atoms. The molecule has 0 saturated heterocycles. The molecule has 2 aliphatic rings. The van der Waals surface area contributed by atoms with E-state index in [0.717, 1.165) is 5.56 Å². The van der Waals surface area contributed by atoms with Gasteiger partial charge >= 0.3 is 0 Å². The van der Waals surface area contributed by atoms with E-state index in [1.54, 1.807) is 12.1 Å². The van der Waals surface area contributed by atoms with Crippen LogP contribution in [0.5, 0.6) is 5.75 Å². The van der Waals surface area contributed by atoms with Crippen molar-refractivity contribution in [3.8, 4) is 5.75 Å². The number of carbonyl (C=O) groups is 2. The number of benzene rings is 2. The lowest BCUT2D eigenvalue weighted by Crippen LogP contribution is -2.50. The number of rotatable bonds is 3. The molecule has 2 aromatic rings. The quantitative estimate of drug-likeness (QED) is 0.849. The first-order valence-corrected chi connectivity index (χ1v) is 8.34. The van der Waals surface area contributed by atoms with Crippen molar-refractivity contribution in [1.82, 2.24) is 0 Å². The van der Waals surface area contributed by atoms with E-state index in [1.807, 2.05) is 36.4 Å². The van der Waals surface area contributed by atoms with Crippen LogP contribution in [0.1, 0.15) is 24.0 Å². The first-order chi connectivity index (χ1) is 12.6. The maximum absolute atomic E-state index is 13.5. The molecule has 2 heterocycles. The Morgan fingerprint density at radius 2 is 1.81 bits per heavy atom. The van der Waals surface area contributed by atoms with Crippen molar-refractivity contribution in [2.24, 2.45) is 0 Å².